The van der Waals surface area contributed by atoms with Crippen LogP contribution in [0.1, 0.15) is 43.7 Å². The molecule has 1 fully saturated rings. The molecule has 6 heteroatoms. The Balaban J connectivity index is 1.91. The molecular formula is C23H28N4O2. The lowest BCUT2D eigenvalue weighted by atomic mass is 9.69. The predicted octanol–water partition coefficient (Wildman–Crippen LogP) is 2.98. The van der Waals surface area contributed by atoms with Crippen LogP contribution in [-0.4, -0.2) is 42.1 Å². The Kier molecular flexibility index (Phi) is 4.97. The van der Waals surface area contributed by atoms with E-state index in [2.05, 4.69) is 24.9 Å². The third-order valence-electron chi connectivity index (χ3n) is 6.04. The van der Waals surface area contributed by atoms with Gasteiger partial charge in [-0.3, -0.25) is 9.80 Å². The van der Waals surface area contributed by atoms with Gasteiger partial charge < -0.3 is 10.5 Å². The third-order valence-corrected chi connectivity index (χ3v) is 6.04. The number of hydrogen-bond donors (Lipinski definition) is 1. The summed E-state index contributed by atoms with van der Waals surface area (Å²) in [5, 5.41) is 14.1. The van der Waals surface area contributed by atoms with E-state index in [4.69, 9.17) is 10.5 Å². The zero-order valence-electron chi connectivity index (χ0n) is 17.4. The Labute approximate surface area is 172 Å². The van der Waals surface area contributed by atoms with E-state index in [1.165, 1.54) is 0 Å². The van der Waals surface area contributed by atoms with Gasteiger partial charge in [0, 0.05) is 30.8 Å². The van der Waals surface area contributed by atoms with Crippen molar-refractivity contribution in [3.05, 3.63) is 58.1 Å². The Bertz CT molecular complexity index is 931. The minimum absolute atomic E-state index is 0.111. The minimum atomic E-state index is -0.406. The molecule has 2 heterocycles. The fraction of sp³-hybridized carbons (Fsp3) is 0.478. The van der Waals surface area contributed by atoms with Crippen LogP contribution in [-0.2, 0) is 9.53 Å². The number of nitrogens with zero attached hydrogens (tertiary/aromatic N) is 3. The second-order valence-corrected chi connectivity index (χ2v) is 8.93. The van der Waals surface area contributed by atoms with Crippen LogP contribution in [0.5, 0.6) is 0 Å². The average molecular weight is 393 g/mol. The van der Waals surface area contributed by atoms with Gasteiger partial charge in [-0.15, -0.1) is 0 Å². The highest BCUT2D eigenvalue weighted by Gasteiger charge is 2.45. The minimum Gasteiger partial charge on any atom is -0.383 e. The summed E-state index contributed by atoms with van der Waals surface area (Å²) >= 11 is 0. The normalized spacial score (nSPS) is 25.1. The molecule has 1 saturated heterocycles. The number of Topliss-reactive ketones (excluding diaryl/α,β-unsaturated/α-hetero) is 1. The van der Waals surface area contributed by atoms with Crippen molar-refractivity contribution >= 4 is 5.78 Å². The van der Waals surface area contributed by atoms with Gasteiger partial charge in [0.2, 0.25) is 0 Å². The van der Waals surface area contributed by atoms with Gasteiger partial charge in [0.15, 0.2) is 5.78 Å². The molecule has 0 bridgehead atoms. The molecule has 6 nitrogen and oxygen atoms in total. The maximum Gasteiger partial charge on any atom is 0.162 e. The smallest absolute Gasteiger partial charge is 0.162 e. The topological polar surface area (TPSA) is 82.6 Å². The highest BCUT2D eigenvalue weighted by molar-refractivity contribution is 6.00. The van der Waals surface area contributed by atoms with Gasteiger partial charge in [-0.2, -0.15) is 5.26 Å². The summed E-state index contributed by atoms with van der Waals surface area (Å²) < 4.78 is 5.51. The van der Waals surface area contributed by atoms with Crippen LogP contribution in [0.3, 0.4) is 0 Å². The molecule has 1 atom stereocenters. The number of nitrogens with two attached hydrogens (primary N) is 1. The molecule has 2 N–H and O–H groups in total. The molecular weight excluding hydrogens is 364 g/mol. The number of aryl methyl sites for hydroxylation is 1. The monoisotopic (exact) mass is 392 g/mol. The lowest BCUT2D eigenvalue weighted by Gasteiger charge is -2.48. The van der Waals surface area contributed by atoms with E-state index >= 15 is 0 Å². The molecule has 4 rings (SSSR count). The van der Waals surface area contributed by atoms with Crippen molar-refractivity contribution in [1.29, 1.82) is 5.26 Å². The molecule has 0 aromatic heterocycles. The van der Waals surface area contributed by atoms with E-state index in [-0.39, 0.29) is 11.2 Å². The van der Waals surface area contributed by atoms with Crippen LogP contribution in [0.4, 0.5) is 0 Å². The van der Waals surface area contributed by atoms with Gasteiger partial charge in [0.25, 0.3) is 0 Å². The van der Waals surface area contributed by atoms with Crippen LogP contribution >= 0.6 is 0 Å². The van der Waals surface area contributed by atoms with Crippen molar-refractivity contribution in [2.45, 2.75) is 39.5 Å². The third kappa shape index (κ3) is 3.45. The Morgan fingerprint density at radius 3 is 2.45 bits per heavy atom. The van der Waals surface area contributed by atoms with Crippen molar-refractivity contribution in [2.24, 2.45) is 11.1 Å². The number of nitriles is 1. The summed E-state index contributed by atoms with van der Waals surface area (Å²) in [6, 6.07) is 10.4. The molecule has 0 amide bonds. The average Bonchev–Trinajstić information content (AvgIpc) is 2.67. The molecule has 0 spiro atoms. The first-order valence-corrected chi connectivity index (χ1v) is 10.2. The number of allylic oxidation sites excluding steroid dienone is 3. The van der Waals surface area contributed by atoms with E-state index < -0.39 is 5.92 Å². The van der Waals surface area contributed by atoms with Gasteiger partial charge in [0.05, 0.1) is 30.8 Å². The molecule has 2 aliphatic heterocycles. The molecule has 3 aliphatic rings. The lowest BCUT2D eigenvalue weighted by Crippen LogP contribution is -2.53. The van der Waals surface area contributed by atoms with Crippen LogP contribution in [0.2, 0.25) is 0 Å². The summed E-state index contributed by atoms with van der Waals surface area (Å²) in [6.45, 7) is 8.83. The first-order chi connectivity index (χ1) is 13.8. The number of ether oxygens (including phenoxy) is 1. The van der Waals surface area contributed by atoms with E-state index in [0.717, 1.165) is 28.8 Å². The van der Waals surface area contributed by atoms with Crippen molar-refractivity contribution in [3.8, 4) is 6.07 Å². The highest BCUT2D eigenvalue weighted by atomic mass is 16.5. The lowest BCUT2D eigenvalue weighted by molar-refractivity contribution is -0.119. The number of ketones is 1. The number of carbonyl (C=O) groups is 1. The summed E-state index contributed by atoms with van der Waals surface area (Å²) in [4.78, 5) is 13.4. The zero-order valence-corrected chi connectivity index (χ0v) is 17.4. The Morgan fingerprint density at radius 2 is 1.83 bits per heavy atom. The molecule has 152 valence electrons. The van der Waals surface area contributed by atoms with Crippen LogP contribution in [0.25, 0.3) is 0 Å². The van der Waals surface area contributed by atoms with Crippen LogP contribution in [0.15, 0.2) is 46.9 Å². The van der Waals surface area contributed by atoms with Crippen LogP contribution < -0.4 is 5.73 Å². The van der Waals surface area contributed by atoms with E-state index in [1.54, 1.807) is 0 Å². The van der Waals surface area contributed by atoms with Crippen molar-refractivity contribution < 1.29 is 9.53 Å². The predicted molar refractivity (Wildman–Crippen MR) is 110 cm³/mol. The second-order valence-electron chi connectivity index (χ2n) is 8.93. The summed E-state index contributed by atoms with van der Waals surface area (Å²) in [6.07, 6.45) is 1.22. The van der Waals surface area contributed by atoms with E-state index in [9.17, 15) is 10.1 Å². The van der Waals surface area contributed by atoms with Gasteiger partial charge in [-0.05, 0) is 24.3 Å². The maximum absolute atomic E-state index is 13.4. The molecule has 0 radical (unpaired) electrons. The summed E-state index contributed by atoms with van der Waals surface area (Å²) in [5.74, 6) is 0.140. The summed E-state index contributed by atoms with van der Waals surface area (Å²) in [5.41, 5.74) is 10.7. The fourth-order valence-electron chi connectivity index (χ4n) is 4.66. The molecule has 29 heavy (non-hydrogen) atoms. The van der Waals surface area contributed by atoms with E-state index in [0.29, 0.717) is 44.1 Å². The quantitative estimate of drug-likeness (QED) is 0.833. The number of hydrazine groups is 1. The number of rotatable bonds is 2. The van der Waals surface area contributed by atoms with Gasteiger partial charge in [0.1, 0.15) is 5.82 Å². The molecule has 1 aromatic carbocycles. The SMILES string of the molecule is Cc1ccc(C2C(C#N)=C(N)N(N3CCOCC3)C3=C2C(=O)CC(C)(C)C3)cc1. The van der Waals surface area contributed by atoms with Gasteiger partial charge >= 0.3 is 0 Å². The molecule has 1 unspecified atom stereocenters. The Hall–Kier alpha value is -2.62. The highest BCUT2D eigenvalue weighted by Crippen LogP contribution is 2.49. The van der Waals surface area contributed by atoms with Gasteiger partial charge in [-0.25, -0.2) is 5.01 Å². The maximum atomic E-state index is 13.4. The van der Waals surface area contributed by atoms with E-state index in [1.807, 2.05) is 36.2 Å². The molecule has 0 saturated carbocycles. The fourth-order valence-corrected chi connectivity index (χ4v) is 4.66. The number of benzene rings is 1. The Morgan fingerprint density at radius 1 is 1.17 bits per heavy atom. The summed E-state index contributed by atoms with van der Waals surface area (Å²) in [7, 11) is 0. The van der Waals surface area contributed by atoms with Gasteiger partial charge in [-0.1, -0.05) is 43.7 Å². The van der Waals surface area contributed by atoms with Crippen molar-refractivity contribution in [1.82, 2.24) is 10.0 Å². The largest absolute Gasteiger partial charge is 0.383 e. The molecule has 1 aliphatic carbocycles. The first-order valence-electron chi connectivity index (χ1n) is 10.2. The zero-order chi connectivity index (χ0) is 20.8. The van der Waals surface area contributed by atoms with Crippen molar-refractivity contribution in [2.75, 3.05) is 26.3 Å². The van der Waals surface area contributed by atoms with Crippen LogP contribution in [0, 0.1) is 23.7 Å². The number of carbonyl (C=O) groups excluding carboxylic acids is 1. The van der Waals surface area contributed by atoms with Crippen molar-refractivity contribution in [3.63, 3.8) is 0 Å². The number of morpholine rings is 1. The standard InChI is InChI=1S/C23H28N4O2/c1-15-4-6-16(7-5-15)20-17(14-24)22(25)27(26-8-10-29-11-9-26)18-12-23(2,3)13-19(28)21(18)20/h4-7,20H,8-13,25H2,1-3H3. The first kappa shape index (κ1) is 19.7. The second kappa shape index (κ2) is 7.33. The molecule has 1 aromatic rings. The number of hydrogen-bond acceptors (Lipinski definition) is 6.